The number of carbonyl (C=O) groups is 2. The van der Waals surface area contributed by atoms with Crippen molar-refractivity contribution in [2.75, 3.05) is 13.1 Å². The summed E-state index contributed by atoms with van der Waals surface area (Å²) >= 11 is 3.34. The molecule has 1 N–H and O–H groups in total. The van der Waals surface area contributed by atoms with Gasteiger partial charge in [-0.25, -0.2) is 4.98 Å². The summed E-state index contributed by atoms with van der Waals surface area (Å²) in [4.78, 5) is 28.8. The second-order valence-electron chi connectivity index (χ2n) is 5.00. The van der Waals surface area contributed by atoms with E-state index < -0.39 is 5.97 Å². The van der Waals surface area contributed by atoms with Gasteiger partial charge in [0.15, 0.2) is 0 Å². The largest absolute Gasteiger partial charge is 0.481 e. The van der Waals surface area contributed by atoms with Crippen molar-refractivity contribution in [2.45, 2.75) is 25.7 Å². The van der Waals surface area contributed by atoms with Gasteiger partial charge in [-0.05, 0) is 53.2 Å². The van der Waals surface area contributed by atoms with E-state index in [9.17, 15) is 9.59 Å². The highest BCUT2D eigenvalue weighted by Crippen LogP contribution is 2.24. The lowest BCUT2D eigenvalue weighted by molar-refractivity contribution is -0.137. The van der Waals surface area contributed by atoms with Gasteiger partial charge in [-0.2, -0.15) is 0 Å². The van der Waals surface area contributed by atoms with Crippen molar-refractivity contribution in [1.29, 1.82) is 0 Å². The third-order valence-corrected chi connectivity index (χ3v) is 4.27. The number of nitrogens with zero attached hydrogens (tertiary/aromatic N) is 2. The Hall–Kier alpha value is -1.43. The van der Waals surface area contributed by atoms with Crippen LogP contribution in [-0.4, -0.2) is 40.0 Å². The summed E-state index contributed by atoms with van der Waals surface area (Å²) in [5.74, 6) is -0.405. The van der Waals surface area contributed by atoms with E-state index in [0.29, 0.717) is 35.6 Å². The standard InChI is InChI=1S/C14H17BrN2O3/c15-11-2-1-7-16-13(11)14(20)17-8-5-10(6-9-17)3-4-12(18)19/h1-2,7,10H,3-6,8-9H2,(H,18,19). The van der Waals surface area contributed by atoms with Crippen molar-refractivity contribution in [2.24, 2.45) is 5.92 Å². The van der Waals surface area contributed by atoms with E-state index in [1.165, 1.54) is 0 Å². The fourth-order valence-corrected chi connectivity index (χ4v) is 2.87. The van der Waals surface area contributed by atoms with Crippen molar-refractivity contribution in [3.8, 4) is 0 Å². The first-order valence-electron chi connectivity index (χ1n) is 6.69. The molecular weight excluding hydrogens is 324 g/mol. The minimum Gasteiger partial charge on any atom is -0.481 e. The van der Waals surface area contributed by atoms with Crippen LogP contribution in [0, 0.1) is 5.92 Å². The predicted molar refractivity (Wildman–Crippen MR) is 77.4 cm³/mol. The molecule has 2 rings (SSSR count). The van der Waals surface area contributed by atoms with Gasteiger partial charge >= 0.3 is 5.97 Å². The van der Waals surface area contributed by atoms with Gasteiger partial charge < -0.3 is 10.0 Å². The number of carboxylic acids is 1. The number of halogens is 1. The third-order valence-electron chi connectivity index (χ3n) is 3.63. The first-order chi connectivity index (χ1) is 9.58. The molecule has 0 aromatic carbocycles. The number of carbonyl (C=O) groups excluding carboxylic acids is 1. The quantitative estimate of drug-likeness (QED) is 0.914. The highest BCUT2D eigenvalue weighted by atomic mass is 79.9. The molecule has 1 amide bonds. The fraction of sp³-hybridized carbons (Fsp3) is 0.500. The van der Waals surface area contributed by atoms with Crippen LogP contribution in [0.3, 0.4) is 0 Å². The van der Waals surface area contributed by atoms with Crippen LogP contribution in [-0.2, 0) is 4.79 Å². The molecule has 108 valence electrons. The number of likely N-dealkylation sites (tertiary alicyclic amines) is 1. The number of pyridine rings is 1. The van der Waals surface area contributed by atoms with Crippen LogP contribution in [0.5, 0.6) is 0 Å². The fourth-order valence-electron chi connectivity index (χ4n) is 2.45. The third kappa shape index (κ3) is 3.79. The molecule has 20 heavy (non-hydrogen) atoms. The molecule has 1 aliphatic heterocycles. The van der Waals surface area contributed by atoms with Crippen LogP contribution in [0.1, 0.15) is 36.2 Å². The first-order valence-corrected chi connectivity index (χ1v) is 7.49. The normalized spacial score (nSPS) is 16.1. The van der Waals surface area contributed by atoms with Gasteiger partial charge in [0.25, 0.3) is 5.91 Å². The summed E-state index contributed by atoms with van der Waals surface area (Å²) in [7, 11) is 0. The maximum Gasteiger partial charge on any atom is 0.303 e. The second kappa shape index (κ2) is 6.83. The summed E-state index contributed by atoms with van der Waals surface area (Å²) in [5.41, 5.74) is 0.441. The summed E-state index contributed by atoms with van der Waals surface area (Å²) < 4.78 is 0.706. The second-order valence-corrected chi connectivity index (χ2v) is 5.86. The molecule has 0 spiro atoms. The molecule has 0 radical (unpaired) electrons. The molecule has 0 bridgehead atoms. The lowest BCUT2D eigenvalue weighted by atomic mass is 9.92. The maximum atomic E-state index is 12.3. The van der Waals surface area contributed by atoms with E-state index in [4.69, 9.17) is 5.11 Å². The number of piperidine rings is 1. The van der Waals surface area contributed by atoms with E-state index in [1.54, 1.807) is 23.2 Å². The number of aliphatic carboxylic acids is 1. The zero-order valence-corrected chi connectivity index (χ0v) is 12.7. The molecule has 1 aliphatic rings. The van der Waals surface area contributed by atoms with Crippen LogP contribution in [0.15, 0.2) is 22.8 Å². The molecule has 1 aromatic heterocycles. The molecule has 0 aliphatic carbocycles. The summed E-state index contributed by atoms with van der Waals surface area (Å²) in [5, 5.41) is 8.69. The van der Waals surface area contributed by atoms with Crippen molar-refractivity contribution in [3.05, 3.63) is 28.5 Å². The number of hydrogen-bond donors (Lipinski definition) is 1. The zero-order valence-electron chi connectivity index (χ0n) is 11.1. The molecule has 1 fully saturated rings. The minimum absolute atomic E-state index is 0.0610. The topological polar surface area (TPSA) is 70.5 Å². The SMILES string of the molecule is O=C(O)CCC1CCN(C(=O)c2ncccc2Br)CC1. The van der Waals surface area contributed by atoms with Crippen molar-refractivity contribution in [3.63, 3.8) is 0 Å². The average Bonchev–Trinajstić information content (AvgIpc) is 2.45. The van der Waals surface area contributed by atoms with E-state index in [0.717, 1.165) is 12.8 Å². The Labute approximate surface area is 126 Å². The zero-order chi connectivity index (χ0) is 14.5. The summed E-state index contributed by atoms with van der Waals surface area (Å²) in [6, 6.07) is 3.58. The summed E-state index contributed by atoms with van der Waals surface area (Å²) in [6.07, 6.45) is 4.25. The summed E-state index contributed by atoms with van der Waals surface area (Å²) in [6.45, 7) is 1.35. The van der Waals surface area contributed by atoms with Gasteiger partial charge in [0.2, 0.25) is 0 Å². The van der Waals surface area contributed by atoms with E-state index >= 15 is 0 Å². The van der Waals surface area contributed by atoms with Crippen LogP contribution < -0.4 is 0 Å². The van der Waals surface area contributed by atoms with Crippen molar-refractivity contribution < 1.29 is 14.7 Å². The Kier molecular flexibility index (Phi) is 5.11. The lowest BCUT2D eigenvalue weighted by Crippen LogP contribution is -2.39. The van der Waals surface area contributed by atoms with Crippen LogP contribution in [0.2, 0.25) is 0 Å². The van der Waals surface area contributed by atoms with Crippen molar-refractivity contribution >= 4 is 27.8 Å². The molecule has 1 saturated heterocycles. The highest BCUT2D eigenvalue weighted by molar-refractivity contribution is 9.10. The monoisotopic (exact) mass is 340 g/mol. The number of amides is 1. The average molecular weight is 341 g/mol. The minimum atomic E-state index is -0.749. The molecule has 0 saturated carbocycles. The number of carboxylic acid groups (broad SMARTS) is 1. The lowest BCUT2D eigenvalue weighted by Gasteiger charge is -2.31. The first kappa shape index (κ1) is 15.0. The Bertz CT molecular complexity index is 499. The Morgan fingerprint density at radius 1 is 1.40 bits per heavy atom. The molecule has 2 heterocycles. The number of hydrogen-bond acceptors (Lipinski definition) is 3. The molecule has 0 atom stereocenters. The molecule has 0 unspecified atom stereocenters. The molecule has 5 nitrogen and oxygen atoms in total. The van der Waals surface area contributed by atoms with Crippen molar-refractivity contribution in [1.82, 2.24) is 9.88 Å². The van der Waals surface area contributed by atoms with Gasteiger partial charge in [0.05, 0.1) is 0 Å². The van der Waals surface area contributed by atoms with E-state index in [2.05, 4.69) is 20.9 Å². The Balaban J connectivity index is 1.89. The van der Waals surface area contributed by atoms with Gasteiger partial charge in [-0.1, -0.05) is 0 Å². The van der Waals surface area contributed by atoms with E-state index in [-0.39, 0.29) is 12.3 Å². The molecule has 6 heteroatoms. The van der Waals surface area contributed by atoms with Gasteiger partial charge in [0, 0.05) is 30.2 Å². The van der Waals surface area contributed by atoms with Crippen LogP contribution in [0.25, 0.3) is 0 Å². The predicted octanol–water partition coefficient (Wildman–Crippen LogP) is 2.56. The molecule has 1 aromatic rings. The molecular formula is C14H17BrN2O3. The van der Waals surface area contributed by atoms with Gasteiger partial charge in [0.1, 0.15) is 5.69 Å². The number of rotatable bonds is 4. The smallest absolute Gasteiger partial charge is 0.303 e. The maximum absolute atomic E-state index is 12.3. The van der Waals surface area contributed by atoms with Gasteiger partial charge in [-0.15, -0.1) is 0 Å². The highest BCUT2D eigenvalue weighted by Gasteiger charge is 2.25. The Morgan fingerprint density at radius 3 is 2.70 bits per heavy atom. The van der Waals surface area contributed by atoms with Crippen LogP contribution in [0.4, 0.5) is 0 Å². The van der Waals surface area contributed by atoms with Crippen LogP contribution >= 0.6 is 15.9 Å². The number of aromatic nitrogens is 1. The van der Waals surface area contributed by atoms with E-state index in [1.807, 2.05) is 0 Å². The van der Waals surface area contributed by atoms with Gasteiger partial charge in [-0.3, -0.25) is 9.59 Å². The Morgan fingerprint density at radius 2 is 2.10 bits per heavy atom.